The number of hydrogen-bond donors (Lipinski definition) is 2. The second-order valence-corrected chi connectivity index (χ2v) is 5.94. The molecule has 0 unspecified atom stereocenters. The highest BCUT2D eigenvalue weighted by atomic mass is 16.5. The Hall–Kier alpha value is -3.56. The van der Waals surface area contributed by atoms with Crippen LogP contribution in [0.2, 0.25) is 0 Å². The first-order valence-electron chi connectivity index (χ1n) is 8.68. The third kappa shape index (κ3) is 5.71. The predicted octanol–water partition coefficient (Wildman–Crippen LogP) is 1.57. The second kappa shape index (κ2) is 10.1. The molecular formula is C19H24N4O6. The van der Waals surface area contributed by atoms with E-state index in [1.165, 1.54) is 34.6 Å². The van der Waals surface area contributed by atoms with E-state index in [1.54, 1.807) is 0 Å². The van der Waals surface area contributed by atoms with E-state index in [1.807, 2.05) is 12.1 Å². The number of nitrogens with two attached hydrogens (primary N) is 1. The molecule has 1 heterocycles. The van der Waals surface area contributed by atoms with Crippen LogP contribution in [-0.2, 0) is 20.7 Å². The van der Waals surface area contributed by atoms with Gasteiger partial charge in [-0.25, -0.2) is 4.98 Å². The Bertz CT molecular complexity index is 862. The van der Waals surface area contributed by atoms with Gasteiger partial charge in [-0.15, -0.1) is 0 Å². The first kappa shape index (κ1) is 21.7. The van der Waals surface area contributed by atoms with Gasteiger partial charge >= 0.3 is 5.97 Å². The van der Waals surface area contributed by atoms with E-state index < -0.39 is 11.9 Å². The number of nitrogens with one attached hydrogen (secondary N) is 1. The fraction of sp³-hybridized carbons (Fsp3) is 0.368. The Kier molecular flexibility index (Phi) is 7.58. The summed E-state index contributed by atoms with van der Waals surface area (Å²) in [5, 5.41) is 2.50. The minimum absolute atomic E-state index is 0.0307. The summed E-state index contributed by atoms with van der Waals surface area (Å²) >= 11 is 0. The largest absolute Gasteiger partial charge is 0.493 e. The van der Waals surface area contributed by atoms with Gasteiger partial charge in [0.25, 0.3) is 0 Å². The van der Waals surface area contributed by atoms with Crippen molar-refractivity contribution >= 4 is 23.6 Å². The molecule has 1 aromatic heterocycles. The number of aromatic nitrogens is 2. The van der Waals surface area contributed by atoms with Crippen molar-refractivity contribution in [2.24, 2.45) is 0 Å². The van der Waals surface area contributed by atoms with Gasteiger partial charge in [0, 0.05) is 24.6 Å². The summed E-state index contributed by atoms with van der Waals surface area (Å²) in [4.78, 5) is 31.2. The summed E-state index contributed by atoms with van der Waals surface area (Å²) in [5.41, 5.74) is 7.53. The highest BCUT2D eigenvalue weighted by molar-refractivity contribution is 5.91. The van der Waals surface area contributed by atoms with Crippen LogP contribution < -0.4 is 25.3 Å². The minimum Gasteiger partial charge on any atom is -0.493 e. The van der Waals surface area contributed by atoms with Crippen molar-refractivity contribution in [1.29, 1.82) is 0 Å². The zero-order valence-corrected chi connectivity index (χ0v) is 16.8. The molecule has 2 rings (SSSR count). The number of methoxy groups -OCH3 is 4. The van der Waals surface area contributed by atoms with Crippen molar-refractivity contribution in [2.75, 3.05) is 39.5 Å². The molecule has 10 nitrogen and oxygen atoms in total. The number of hydrogen-bond acceptors (Lipinski definition) is 9. The molecule has 0 spiro atoms. The fourth-order valence-electron chi connectivity index (χ4n) is 2.58. The molecule has 2 aromatic rings. The number of rotatable bonds is 9. The van der Waals surface area contributed by atoms with Crippen molar-refractivity contribution in [3.05, 3.63) is 29.5 Å². The lowest BCUT2D eigenvalue weighted by Crippen LogP contribution is -2.16. The Morgan fingerprint density at radius 3 is 2.21 bits per heavy atom. The maximum atomic E-state index is 11.8. The van der Waals surface area contributed by atoms with E-state index in [9.17, 15) is 9.59 Å². The second-order valence-electron chi connectivity index (χ2n) is 5.94. The summed E-state index contributed by atoms with van der Waals surface area (Å²) in [6.07, 6.45) is 1.88. The number of ether oxygens (including phenoxy) is 4. The molecule has 0 atom stereocenters. The van der Waals surface area contributed by atoms with Crippen molar-refractivity contribution in [3.8, 4) is 17.2 Å². The Labute approximate surface area is 168 Å². The predicted molar refractivity (Wildman–Crippen MR) is 105 cm³/mol. The molecule has 0 bridgehead atoms. The maximum Gasteiger partial charge on any atom is 0.306 e. The summed E-state index contributed by atoms with van der Waals surface area (Å²) in [7, 11) is 5.87. The average molecular weight is 404 g/mol. The quantitative estimate of drug-likeness (QED) is 0.597. The van der Waals surface area contributed by atoms with E-state index in [-0.39, 0.29) is 24.6 Å². The van der Waals surface area contributed by atoms with Gasteiger partial charge in [-0.3, -0.25) is 14.9 Å². The molecule has 29 heavy (non-hydrogen) atoms. The van der Waals surface area contributed by atoms with Crippen molar-refractivity contribution in [2.45, 2.75) is 19.3 Å². The molecule has 0 fully saturated rings. The molecule has 156 valence electrons. The Morgan fingerprint density at radius 1 is 1.03 bits per heavy atom. The smallest absolute Gasteiger partial charge is 0.306 e. The molecule has 0 aliphatic heterocycles. The molecule has 0 radical (unpaired) electrons. The number of anilines is 2. The van der Waals surface area contributed by atoms with Gasteiger partial charge < -0.3 is 24.7 Å². The van der Waals surface area contributed by atoms with Crippen molar-refractivity contribution in [1.82, 2.24) is 9.97 Å². The van der Waals surface area contributed by atoms with Crippen LogP contribution in [0.1, 0.15) is 24.0 Å². The highest BCUT2D eigenvalue weighted by Crippen LogP contribution is 2.38. The zero-order valence-electron chi connectivity index (χ0n) is 16.8. The van der Waals surface area contributed by atoms with E-state index >= 15 is 0 Å². The van der Waals surface area contributed by atoms with Gasteiger partial charge in [-0.2, -0.15) is 4.98 Å². The van der Waals surface area contributed by atoms with E-state index in [4.69, 9.17) is 19.9 Å². The number of nitrogens with zero attached hydrogens (tertiary/aromatic N) is 2. The van der Waals surface area contributed by atoms with E-state index in [0.29, 0.717) is 29.2 Å². The topological polar surface area (TPSA) is 135 Å². The van der Waals surface area contributed by atoms with Crippen LogP contribution in [0.4, 0.5) is 11.8 Å². The number of carbonyl (C=O) groups excluding carboxylic acids is 2. The van der Waals surface area contributed by atoms with Gasteiger partial charge in [0.05, 0.1) is 34.9 Å². The zero-order chi connectivity index (χ0) is 21.4. The summed E-state index contributed by atoms with van der Waals surface area (Å²) in [5.74, 6) is 0.941. The molecule has 0 saturated heterocycles. The number of esters is 1. The van der Waals surface area contributed by atoms with Gasteiger partial charge in [-0.1, -0.05) is 0 Å². The van der Waals surface area contributed by atoms with E-state index in [0.717, 1.165) is 5.56 Å². The third-order valence-corrected chi connectivity index (χ3v) is 4.05. The Balaban J connectivity index is 2.13. The highest BCUT2D eigenvalue weighted by Gasteiger charge is 2.15. The maximum absolute atomic E-state index is 11.8. The molecule has 0 aliphatic rings. The standard InChI is InChI=1S/C19H24N4O6/c1-26-13-8-11(9-14(27-2)17(13)29-4)7-12-10-21-19(23-18(12)20)22-15(24)5-6-16(25)28-3/h8-10H,5-7H2,1-4H3,(H3,20,21,22,23,24). The summed E-state index contributed by atoms with van der Waals surface area (Å²) in [6, 6.07) is 3.62. The first-order chi connectivity index (χ1) is 13.9. The van der Waals surface area contributed by atoms with E-state index in [2.05, 4.69) is 20.0 Å². The lowest BCUT2D eigenvalue weighted by atomic mass is 10.1. The lowest BCUT2D eigenvalue weighted by molar-refractivity contribution is -0.141. The number of nitrogen functional groups attached to an aromatic ring is 1. The molecular weight excluding hydrogens is 380 g/mol. The van der Waals surface area contributed by atoms with Crippen LogP contribution in [0.15, 0.2) is 18.3 Å². The van der Waals surface area contributed by atoms with Gasteiger partial charge in [0.15, 0.2) is 11.5 Å². The van der Waals surface area contributed by atoms with Crippen LogP contribution in [0, 0.1) is 0 Å². The molecule has 0 saturated carbocycles. The van der Waals surface area contributed by atoms with Crippen LogP contribution in [0.5, 0.6) is 17.2 Å². The molecule has 0 aliphatic carbocycles. The van der Waals surface area contributed by atoms with Crippen molar-refractivity contribution in [3.63, 3.8) is 0 Å². The molecule has 10 heteroatoms. The molecule has 1 amide bonds. The SMILES string of the molecule is COC(=O)CCC(=O)Nc1ncc(Cc2cc(OC)c(OC)c(OC)c2)c(N)n1. The summed E-state index contributed by atoms with van der Waals surface area (Å²) < 4.78 is 20.5. The van der Waals surface area contributed by atoms with Gasteiger partial charge in [0.1, 0.15) is 5.82 Å². The number of carbonyl (C=O) groups is 2. The van der Waals surface area contributed by atoms with Crippen LogP contribution >= 0.6 is 0 Å². The van der Waals surface area contributed by atoms with Crippen LogP contribution in [0.25, 0.3) is 0 Å². The number of amides is 1. The number of benzene rings is 1. The van der Waals surface area contributed by atoms with Crippen LogP contribution in [-0.4, -0.2) is 50.3 Å². The lowest BCUT2D eigenvalue weighted by Gasteiger charge is -2.14. The normalized spacial score (nSPS) is 10.2. The fourth-order valence-corrected chi connectivity index (χ4v) is 2.58. The molecule has 1 aromatic carbocycles. The van der Waals surface area contributed by atoms with Gasteiger partial charge in [-0.05, 0) is 17.7 Å². The van der Waals surface area contributed by atoms with Crippen LogP contribution in [0.3, 0.4) is 0 Å². The third-order valence-electron chi connectivity index (χ3n) is 4.05. The molecule has 3 N–H and O–H groups in total. The summed E-state index contributed by atoms with van der Waals surface area (Å²) in [6.45, 7) is 0. The van der Waals surface area contributed by atoms with Crippen molar-refractivity contribution < 1.29 is 28.5 Å². The Morgan fingerprint density at radius 2 is 1.69 bits per heavy atom. The minimum atomic E-state index is -0.471. The monoisotopic (exact) mass is 404 g/mol. The first-order valence-corrected chi connectivity index (χ1v) is 8.68. The average Bonchev–Trinajstić information content (AvgIpc) is 2.73. The van der Waals surface area contributed by atoms with Gasteiger partial charge in [0.2, 0.25) is 17.6 Å².